The molecule has 2 atom stereocenters. The zero-order chi connectivity index (χ0) is 15.4. The maximum absolute atomic E-state index is 5.90. The largest absolute Gasteiger partial charge is 0.378 e. The Hall–Kier alpha value is -1.34. The van der Waals surface area contributed by atoms with Crippen LogP contribution in [0, 0.1) is 6.92 Å². The molecular weight excluding hydrogens is 256 g/mol. The van der Waals surface area contributed by atoms with Crippen molar-refractivity contribution in [2.24, 2.45) is 0 Å². The van der Waals surface area contributed by atoms with E-state index in [1.807, 2.05) is 7.11 Å². The molecule has 0 aromatic heterocycles. The van der Waals surface area contributed by atoms with Gasteiger partial charge in [0.2, 0.25) is 0 Å². The molecule has 0 aromatic carbocycles. The Morgan fingerprint density at radius 3 is 2.57 bits per heavy atom. The lowest BCUT2D eigenvalue weighted by Crippen LogP contribution is -2.38. The van der Waals surface area contributed by atoms with Gasteiger partial charge in [-0.25, -0.2) is 0 Å². The van der Waals surface area contributed by atoms with Crippen molar-refractivity contribution in [2.45, 2.75) is 58.5 Å². The molecule has 1 nitrogen and oxygen atoms in total. The highest BCUT2D eigenvalue weighted by Gasteiger charge is 2.40. The maximum atomic E-state index is 5.90. The zero-order valence-electron chi connectivity index (χ0n) is 14.1. The van der Waals surface area contributed by atoms with E-state index in [1.54, 1.807) is 0 Å². The topological polar surface area (TPSA) is 9.23 Å². The number of ether oxygens (including phenoxy) is 1. The van der Waals surface area contributed by atoms with Crippen molar-refractivity contribution in [2.75, 3.05) is 7.11 Å². The average Bonchev–Trinajstić information content (AvgIpc) is 2.64. The average molecular weight is 282 g/mol. The smallest absolute Gasteiger partial charge is 0.0756 e. The van der Waals surface area contributed by atoms with Gasteiger partial charge in [-0.05, 0) is 53.1 Å². The first-order chi connectivity index (χ1) is 9.87. The minimum absolute atomic E-state index is 0.104. The van der Waals surface area contributed by atoms with Crippen LogP contribution < -0.4 is 0 Å². The first-order valence-electron chi connectivity index (χ1n) is 7.98. The monoisotopic (exact) mass is 282 g/mol. The van der Waals surface area contributed by atoms with Gasteiger partial charge in [-0.1, -0.05) is 45.0 Å². The summed E-state index contributed by atoms with van der Waals surface area (Å²) < 4.78 is 5.90. The Labute approximate surface area is 128 Å². The van der Waals surface area contributed by atoms with Crippen molar-refractivity contribution in [3.63, 3.8) is 0 Å². The molecule has 0 saturated heterocycles. The van der Waals surface area contributed by atoms with Crippen LogP contribution in [0.25, 0.3) is 11.1 Å². The van der Waals surface area contributed by atoms with E-state index in [-0.39, 0.29) is 5.60 Å². The highest BCUT2D eigenvalue weighted by atomic mass is 16.5. The van der Waals surface area contributed by atoms with Crippen molar-refractivity contribution in [3.8, 4) is 11.1 Å². The van der Waals surface area contributed by atoms with E-state index < -0.39 is 0 Å². The Morgan fingerprint density at radius 1 is 1.24 bits per heavy atom. The van der Waals surface area contributed by atoms with Crippen LogP contribution in [0.5, 0.6) is 0 Å². The standard InChI is InChI=1S/C20H26O/c1-12(2)15-7-8-16-11-20(5,21-6)14(4)18-9-13(3)17(10-15)19(16)18/h7-10,12,14H,11H2,1-6H3/t14-,20?/m0/s1. The second-order valence-corrected chi connectivity index (χ2v) is 7.14. The van der Waals surface area contributed by atoms with Crippen LogP contribution in [0.3, 0.4) is 0 Å². The molecule has 0 N–H and O–H groups in total. The van der Waals surface area contributed by atoms with Gasteiger partial charge in [-0.3, -0.25) is 0 Å². The fourth-order valence-corrected chi connectivity index (χ4v) is 3.73. The quantitative estimate of drug-likeness (QED) is 0.727. The van der Waals surface area contributed by atoms with Crippen LogP contribution in [-0.4, -0.2) is 12.7 Å². The molecule has 0 aromatic rings. The molecule has 3 aliphatic carbocycles. The Bertz CT molecular complexity index is 655. The minimum Gasteiger partial charge on any atom is -0.378 e. The van der Waals surface area contributed by atoms with Crippen LogP contribution in [0.2, 0.25) is 0 Å². The lowest BCUT2D eigenvalue weighted by Gasteiger charge is -2.39. The second-order valence-electron chi connectivity index (χ2n) is 7.14. The van der Waals surface area contributed by atoms with E-state index in [0.717, 1.165) is 6.42 Å². The first-order valence-corrected chi connectivity index (χ1v) is 7.98. The summed E-state index contributed by atoms with van der Waals surface area (Å²) in [6.07, 6.45) is 0.990. The highest BCUT2D eigenvalue weighted by molar-refractivity contribution is 5.80. The van der Waals surface area contributed by atoms with Gasteiger partial charge >= 0.3 is 0 Å². The molecule has 0 spiro atoms. The molecule has 1 unspecified atom stereocenters. The predicted octanol–water partition coefficient (Wildman–Crippen LogP) is 5.29. The van der Waals surface area contributed by atoms with Gasteiger partial charge in [-0.2, -0.15) is 0 Å². The van der Waals surface area contributed by atoms with Gasteiger partial charge in [-0.15, -0.1) is 0 Å². The highest BCUT2D eigenvalue weighted by Crippen LogP contribution is 2.49. The van der Waals surface area contributed by atoms with Gasteiger partial charge in [0, 0.05) is 19.4 Å². The molecule has 0 radical (unpaired) electrons. The first kappa shape index (κ1) is 14.6. The molecule has 3 aliphatic rings. The molecule has 0 aliphatic heterocycles. The number of hydrogen-bond donors (Lipinski definition) is 0. The predicted molar refractivity (Wildman–Crippen MR) is 89.4 cm³/mol. The van der Waals surface area contributed by atoms with Crippen LogP contribution in [0.4, 0.5) is 0 Å². The van der Waals surface area contributed by atoms with E-state index in [1.165, 1.54) is 33.4 Å². The summed E-state index contributed by atoms with van der Waals surface area (Å²) >= 11 is 0. The molecule has 0 saturated carbocycles. The minimum atomic E-state index is -0.104. The molecule has 3 rings (SSSR count). The number of methoxy groups -OCH3 is 1. The molecule has 0 amide bonds. The summed E-state index contributed by atoms with van der Waals surface area (Å²) in [5.41, 5.74) is 8.50. The fraction of sp³-hybridized carbons (Fsp3) is 0.500. The van der Waals surface area contributed by atoms with Gasteiger partial charge in [0.25, 0.3) is 0 Å². The van der Waals surface area contributed by atoms with Crippen molar-refractivity contribution >= 4 is 0 Å². The molecule has 1 heteroatoms. The summed E-state index contributed by atoms with van der Waals surface area (Å²) in [4.78, 5) is 0. The van der Waals surface area contributed by atoms with Crippen LogP contribution >= 0.6 is 0 Å². The van der Waals surface area contributed by atoms with Crippen LogP contribution in [-0.2, 0) is 11.2 Å². The SMILES string of the molecule is COC1(C)Cc2ccc(C(C)C)cc3c(C)cc(c2-3)[C@@H]1C. The summed E-state index contributed by atoms with van der Waals surface area (Å²) in [5, 5.41) is 0. The second kappa shape index (κ2) is 4.84. The van der Waals surface area contributed by atoms with Gasteiger partial charge < -0.3 is 4.74 Å². The third-order valence-electron chi connectivity index (χ3n) is 5.52. The molecule has 0 bridgehead atoms. The van der Waals surface area contributed by atoms with E-state index >= 15 is 0 Å². The summed E-state index contributed by atoms with van der Waals surface area (Å²) in [6, 6.07) is 9.39. The van der Waals surface area contributed by atoms with Crippen molar-refractivity contribution in [1.29, 1.82) is 0 Å². The number of aryl methyl sites for hydroxylation is 1. The molecule has 21 heavy (non-hydrogen) atoms. The normalized spacial score (nSPS) is 24.8. The lowest BCUT2D eigenvalue weighted by atomic mass is 9.74. The van der Waals surface area contributed by atoms with E-state index in [2.05, 4.69) is 58.9 Å². The van der Waals surface area contributed by atoms with E-state index in [4.69, 9.17) is 4.74 Å². The summed E-state index contributed by atoms with van der Waals surface area (Å²) in [5.74, 6) is 0.981. The lowest BCUT2D eigenvalue weighted by molar-refractivity contribution is -0.0149. The van der Waals surface area contributed by atoms with Crippen molar-refractivity contribution in [3.05, 3.63) is 46.5 Å². The summed E-state index contributed by atoms with van der Waals surface area (Å²) in [6.45, 7) is 11.3. The third kappa shape index (κ3) is 2.10. The Kier molecular flexibility index (Phi) is 3.37. The molecule has 0 heterocycles. The summed E-state index contributed by atoms with van der Waals surface area (Å²) in [7, 11) is 1.84. The third-order valence-corrected chi connectivity index (χ3v) is 5.52. The number of rotatable bonds is 2. The molecule has 112 valence electrons. The van der Waals surface area contributed by atoms with Gasteiger partial charge in [0.05, 0.1) is 5.60 Å². The zero-order valence-corrected chi connectivity index (χ0v) is 14.1. The van der Waals surface area contributed by atoms with Gasteiger partial charge in [0.15, 0.2) is 0 Å². The van der Waals surface area contributed by atoms with Crippen molar-refractivity contribution in [1.82, 2.24) is 0 Å². The number of hydrogen-bond acceptors (Lipinski definition) is 1. The van der Waals surface area contributed by atoms with Crippen LogP contribution in [0.15, 0.2) is 24.3 Å². The van der Waals surface area contributed by atoms with E-state index in [0.29, 0.717) is 11.8 Å². The Morgan fingerprint density at radius 2 is 1.95 bits per heavy atom. The van der Waals surface area contributed by atoms with Gasteiger partial charge in [0.1, 0.15) is 0 Å². The molecule has 0 fully saturated rings. The fourth-order valence-electron chi connectivity index (χ4n) is 3.73. The van der Waals surface area contributed by atoms with E-state index in [9.17, 15) is 0 Å². The molecular formula is C20H26O. The van der Waals surface area contributed by atoms with Crippen molar-refractivity contribution < 1.29 is 4.74 Å². The maximum Gasteiger partial charge on any atom is 0.0756 e. The Balaban J connectivity index is 2.29. The van der Waals surface area contributed by atoms with Crippen LogP contribution in [0.1, 0.15) is 61.8 Å².